The molecule has 2 heterocycles. The van der Waals surface area contributed by atoms with Crippen LogP contribution < -0.4 is 4.90 Å². The molecule has 28 heavy (non-hydrogen) atoms. The predicted molar refractivity (Wildman–Crippen MR) is 113 cm³/mol. The molecule has 6 rings (SSSR count). The standard InChI is InChI=1S/C25H24N2O/c28-24-16-18-5-1-2-10-22(18)27(24)20-11-13-26(14-12-20)23-15-19-8-3-6-17-7-4-9-21(23)25(17)19/h1-10,20,23H,11-16H2. The second-order valence-electron chi connectivity index (χ2n) is 8.42. The number of carbonyl (C=O) groups is 1. The van der Waals surface area contributed by atoms with Crippen LogP contribution in [0, 0.1) is 0 Å². The van der Waals surface area contributed by atoms with Gasteiger partial charge in [0.1, 0.15) is 0 Å². The summed E-state index contributed by atoms with van der Waals surface area (Å²) in [5, 5.41) is 2.84. The van der Waals surface area contributed by atoms with Crippen LogP contribution >= 0.6 is 0 Å². The zero-order valence-electron chi connectivity index (χ0n) is 16.0. The van der Waals surface area contributed by atoms with Crippen LogP contribution in [0.2, 0.25) is 0 Å². The van der Waals surface area contributed by atoms with Gasteiger partial charge in [-0.2, -0.15) is 0 Å². The van der Waals surface area contributed by atoms with E-state index in [-0.39, 0.29) is 5.91 Å². The Balaban J connectivity index is 1.23. The third kappa shape index (κ3) is 2.36. The number of rotatable bonds is 2. The molecule has 1 saturated heterocycles. The van der Waals surface area contributed by atoms with Crippen LogP contribution in [0.4, 0.5) is 5.69 Å². The van der Waals surface area contributed by atoms with Gasteiger partial charge in [-0.3, -0.25) is 9.69 Å². The van der Waals surface area contributed by atoms with E-state index >= 15 is 0 Å². The average molecular weight is 368 g/mol. The van der Waals surface area contributed by atoms with Gasteiger partial charge >= 0.3 is 0 Å². The van der Waals surface area contributed by atoms with Crippen molar-refractivity contribution in [3.05, 3.63) is 77.4 Å². The van der Waals surface area contributed by atoms with Gasteiger partial charge < -0.3 is 4.90 Å². The molecule has 3 aromatic carbocycles. The van der Waals surface area contributed by atoms with Crippen LogP contribution in [0.25, 0.3) is 10.8 Å². The molecule has 1 aliphatic carbocycles. The number of anilines is 1. The van der Waals surface area contributed by atoms with Crippen molar-refractivity contribution in [1.82, 2.24) is 4.90 Å². The van der Waals surface area contributed by atoms with E-state index in [1.807, 2.05) is 6.07 Å². The number of benzene rings is 3. The predicted octanol–water partition coefficient (Wildman–Crippen LogP) is 4.49. The smallest absolute Gasteiger partial charge is 0.231 e. The second-order valence-corrected chi connectivity index (χ2v) is 8.42. The number of nitrogens with zero attached hydrogens (tertiary/aromatic N) is 2. The highest BCUT2D eigenvalue weighted by Gasteiger charge is 2.37. The number of carbonyl (C=O) groups excluding carboxylic acids is 1. The van der Waals surface area contributed by atoms with Gasteiger partial charge in [0.05, 0.1) is 6.42 Å². The van der Waals surface area contributed by atoms with Crippen LogP contribution in [0.15, 0.2) is 60.7 Å². The molecule has 3 aliphatic rings. The highest BCUT2D eigenvalue weighted by molar-refractivity contribution is 6.01. The van der Waals surface area contributed by atoms with Gasteiger partial charge in [0.2, 0.25) is 5.91 Å². The summed E-state index contributed by atoms with van der Waals surface area (Å²) in [5.74, 6) is 0.276. The lowest BCUT2D eigenvalue weighted by Crippen LogP contribution is -2.47. The maximum absolute atomic E-state index is 12.7. The molecule has 140 valence electrons. The van der Waals surface area contributed by atoms with Crippen LogP contribution in [0.3, 0.4) is 0 Å². The Hall–Kier alpha value is -2.65. The molecule has 1 unspecified atom stereocenters. The van der Waals surface area contributed by atoms with E-state index in [9.17, 15) is 4.79 Å². The van der Waals surface area contributed by atoms with Crippen LogP contribution in [-0.2, 0) is 17.6 Å². The summed E-state index contributed by atoms with van der Waals surface area (Å²) in [6.45, 7) is 2.12. The quantitative estimate of drug-likeness (QED) is 0.665. The minimum atomic E-state index is 0.276. The van der Waals surface area contributed by atoms with Gasteiger partial charge in [-0.1, -0.05) is 54.6 Å². The number of amides is 1. The Kier molecular flexibility index (Phi) is 3.60. The summed E-state index contributed by atoms with van der Waals surface area (Å²) in [6, 6.07) is 22.6. The van der Waals surface area contributed by atoms with Crippen molar-refractivity contribution in [2.75, 3.05) is 18.0 Å². The summed E-state index contributed by atoms with van der Waals surface area (Å²) in [6.07, 6.45) is 3.80. The first kappa shape index (κ1) is 16.3. The number of fused-ring (bicyclic) bond motifs is 1. The molecule has 0 bridgehead atoms. The van der Waals surface area contributed by atoms with Gasteiger partial charge in [0.15, 0.2) is 0 Å². The first-order valence-electron chi connectivity index (χ1n) is 10.4. The Labute approximate surface area is 165 Å². The molecule has 1 fully saturated rings. The van der Waals surface area contributed by atoms with E-state index in [0.717, 1.165) is 38.0 Å². The number of likely N-dealkylation sites (tertiary alicyclic amines) is 1. The molecule has 1 atom stereocenters. The van der Waals surface area contributed by atoms with E-state index in [1.54, 1.807) is 0 Å². The molecule has 0 spiro atoms. The van der Waals surface area contributed by atoms with Crippen molar-refractivity contribution in [2.45, 2.75) is 37.8 Å². The largest absolute Gasteiger partial charge is 0.309 e. The number of hydrogen-bond donors (Lipinski definition) is 0. The maximum Gasteiger partial charge on any atom is 0.231 e. The summed E-state index contributed by atoms with van der Waals surface area (Å²) in [4.78, 5) is 17.4. The SMILES string of the molecule is O=C1Cc2ccccc2N1C1CCN(C2Cc3cccc4cccc2c34)CC1. The maximum atomic E-state index is 12.7. The molecule has 3 nitrogen and oxygen atoms in total. The summed E-state index contributed by atoms with van der Waals surface area (Å²) in [7, 11) is 0. The van der Waals surface area contributed by atoms with Gasteiger partial charge in [-0.25, -0.2) is 0 Å². The number of piperidine rings is 1. The Morgan fingerprint density at radius 1 is 0.821 bits per heavy atom. The molecule has 0 N–H and O–H groups in total. The fourth-order valence-electron chi connectivity index (χ4n) is 5.68. The van der Waals surface area contributed by atoms with Crippen molar-refractivity contribution in [3.63, 3.8) is 0 Å². The van der Waals surface area contributed by atoms with E-state index in [1.165, 1.54) is 27.5 Å². The lowest BCUT2D eigenvalue weighted by atomic mass is 9.98. The Bertz CT molecular complexity index is 1080. The molecule has 1 amide bonds. The zero-order valence-corrected chi connectivity index (χ0v) is 16.0. The summed E-state index contributed by atoms with van der Waals surface area (Å²) >= 11 is 0. The lowest BCUT2D eigenvalue weighted by Gasteiger charge is -2.40. The van der Waals surface area contributed by atoms with Crippen molar-refractivity contribution in [2.24, 2.45) is 0 Å². The topological polar surface area (TPSA) is 23.6 Å². The molecule has 0 saturated carbocycles. The van der Waals surface area contributed by atoms with Crippen molar-refractivity contribution in [3.8, 4) is 0 Å². The van der Waals surface area contributed by atoms with Gasteiger partial charge in [0, 0.05) is 30.9 Å². The molecule has 0 aromatic heterocycles. The van der Waals surface area contributed by atoms with E-state index in [4.69, 9.17) is 0 Å². The third-order valence-corrected chi connectivity index (χ3v) is 6.96. The minimum absolute atomic E-state index is 0.276. The third-order valence-electron chi connectivity index (χ3n) is 6.96. The van der Waals surface area contributed by atoms with E-state index < -0.39 is 0 Å². The van der Waals surface area contributed by atoms with Crippen LogP contribution in [-0.4, -0.2) is 29.9 Å². The van der Waals surface area contributed by atoms with Crippen molar-refractivity contribution >= 4 is 22.4 Å². The first-order chi connectivity index (χ1) is 13.8. The number of para-hydroxylation sites is 1. The van der Waals surface area contributed by atoms with E-state index in [2.05, 4.69) is 64.4 Å². The van der Waals surface area contributed by atoms with Gasteiger partial charge in [-0.05, 0) is 52.8 Å². The normalized spacial score (nSPS) is 22.2. The van der Waals surface area contributed by atoms with Gasteiger partial charge in [-0.15, -0.1) is 0 Å². The molecule has 3 heteroatoms. The molecule has 2 aliphatic heterocycles. The Morgan fingerprint density at radius 3 is 2.43 bits per heavy atom. The van der Waals surface area contributed by atoms with Crippen LogP contribution in [0.5, 0.6) is 0 Å². The fraction of sp³-hybridized carbons (Fsp3) is 0.320. The second kappa shape index (κ2) is 6.18. The minimum Gasteiger partial charge on any atom is -0.309 e. The van der Waals surface area contributed by atoms with Crippen LogP contribution in [0.1, 0.15) is 35.6 Å². The number of hydrogen-bond acceptors (Lipinski definition) is 2. The average Bonchev–Trinajstić information content (AvgIpc) is 3.27. The molecular formula is C25H24N2O. The highest BCUT2D eigenvalue weighted by Crippen LogP contribution is 2.42. The Morgan fingerprint density at radius 2 is 1.57 bits per heavy atom. The van der Waals surface area contributed by atoms with Gasteiger partial charge in [0.25, 0.3) is 0 Å². The van der Waals surface area contributed by atoms with E-state index in [0.29, 0.717) is 18.5 Å². The summed E-state index contributed by atoms with van der Waals surface area (Å²) in [5.41, 5.74) is 5.31. The lowest BCUT2D eigenvalue weighted by molar-refractivity contribution is -0.118. The fourth-order valence-corrected chi connectivity index (χ4v) is 5.68. The summed E-state index contributed by atoms with van der Waals surface area (Å²) < 4.78 is 0. The molecule has 3 aromatic rings. The molecular weight excluding hydrogens is 344 g/mol. The zero-order chi connectivity index (χ0) is 18.7. The highest BCUT2D eigenvalue weighted by atomic mass is 16.2. The monoisotopic (exact) mass is 368 g/mol. The first-order valence-corrected chi connectivity index (χ1v) is 10.4. The molecule has 0 radical (unpaired) electrons. The van der Waals surface area contributed by atoms with Crippen molar-refractivity contribution in [1.29, 1.82) is 0 Å². The van der Waals surface area contributed by atoms with Crippen molar-refractivity contribution < 1.29 is 4.79 Å².